The summed E-state index contributed by atoms with van der Waals surface area (Å²) in [6.45, 7) is 0. The van der Waals surface area contributed by atoms with E-state index < -0.39 is 0 Å². The summed E-state index contributed by atoms with van der Waals surface area (Å²) in [4.78, 5) is 11.1. The van der Waals surface area contributed by atoms with Gasteiger partial charge in [-0.2, -0.15) is 0 Å². The predicted molar refractivity (Wildman–Crippen MR) is 209 cm³/mol. The lowest BCUT2D eigenvalue weighted by Crippen LogP contribution is -2.04. The highest BCUT2D eigenvalue weighted by Gasteiger charge is 2.24. The molecule has 8 aromatic carbocycles. The van der Waals surface area contributed by atoms with Crippen molar-refractivity contribution >= 4 is 76.2 Å². The van der Waals surface area contributed by atoms with E-state index in [0.29, 0.717) is 0 Å². The van der Waals surface area contributed by atoms with Crippen molar-refractivity contribution in [3.05, 3.63) is 170 Å². The van der Waals surface area contributed by atoms with E-state index in [2.05, 4.69) is 179 Å². The van der Waals surface area contributed by atoms with Crippen molar-refractivity contribution in [3.63, 3.8) is 0 Å². The van der Waals surface area contributed by atoms with Crippen molar-refractivity contribution in [2.24, 2.45) is 0 Å². The quantitative estimate of drug-likeness (QED) is 0.181. The zero-order valence-electron chi connectivity index (χ0n) is 27.0. The molecule has 0 aliphatic heterocycles. The SMILES string of the molecule is c1ccc(-n2c3ccccc3c3cccc4c3c3c2cccc3n4-c2nc3ccc4ccccc4c3nc2-c2ccc3ccccc3c2)cc1. The van der Waals surface area contributed by atoms with Crippen molar-refractivity contribution in [3.8, 4) is 22.8 Å². The van der Waals surface area contributed by atoms with Crippen molar-refractivity contribution < 1.29 is 0 Å². The second kappa shape index (κ2) is 10.4. The molecule has 0 fully saturated rings. The Morgan fingerprint density at radius 2 is 1.00 bits per heavy atom. The maximum atomic E-state index is 5.54. The summed E-state index contributed by atoms with van der Waals surface area (Å²) < 4.78 is 4.75. The van der Waals surface area contributed by atoms with E-state index in [1.165, 1.54) is 32.3 Å². The normalized spacial score (nSPS) is 12.0. The molecule has 0 saturated carbocycles. The van der Waals surface area contributed by atoms with Crippen molar-refractivity contribution in [2.75, 3.05) is 0 Å². The van der Waals surface area contributed by atoms with Crippen molar-refractivity contribution in [1.29, 1.82) is 0 Å². The van der Waals surface area contributed by atoms with Crippen LogP contribution in [0.25, 0.3) is 99.0 Å². The molecule has 4 nitrogen and oxygen atoms in total. The van der Waals surface area contributed by atoms with Crippen LogP contribution in [0.4, 0.5) is 0 Å². The summed E-state index contributed by atoms with van der Waals surface area (Å²) in [5, 5.41) is 9.44. The van der Waals surface area contributed by atoms with Crippen LogP contribution in [0.5, 0.6) is 0 Å². The Bertz CT molecular complexity index is 3150. The molecule has 0 aliphatic carbocycles. The molecule has 0 amide bonds. The van der Waals surface area contributed by atoms with Gasteiger partial charge in [-0.3, -0.25) is 4.57 Å². The Hall–Kier alpha value is -6.78. The lowest BCUT2D eigenvalue weighted by atomic mass is 10.0. The Kier molecular flexibility index (Phi) is 5.63. The molecule has 11 rings (SSSR count). The molecule has 0 saturated heterocycles. The molecule has 0 atom stereocenters. The van der Waals surface area contributed by atoms with Crippen LogP contribution in [0.3, 0.4) is 0 Å². The van der Waals surface area contributed by atoms with Gasteiger partial charge in [-0.1, -0.05) is 121 Å². The highest BCUT2D eigenvalue weighted by Crippen LogP contribution is 2.43. The summed E-state index contributed by atoms with van der Waals surface area (Å²) in [5.41, 5.74) is 9.28. The van der Waals surface area contributed by atoms with E-state index >= 15 is 0 Å². The number of benzene rings is 8. The molecule has 0 unspecified atom stereocenters. The molecule has 0 aliphatic rings. The first-order valence-electron chi connectivity index (χ1n) is 17.0. The first kappa shape index (κ1) is 27.2. The van der Waals surface area contributed by atoms with Crippen molar-refractivity contribution in [2.45, 2.75) is 0 Å². The highest BCUT2D eigenvalue weighted by atomic mass is 15.1. The van der Waals surface area contributed by atoms with Crippen LogP contribution >= 0.6 is 0 Å². The van der Waals surface area contributed by atoms with Crippen LogP contribution < -0.4 is 0 Å². The number of aromatic nitrogens is 4. The Balaban J connectivity index is 1.34. The van der Waals surface area contributed by atoms with E-state index in [1.54, 1.807) is 0 Å². The van der Waals surface area contributed by atoms with Gasteiger partial charge in [0.1, 0.15) is 5.69 Å². The Morgan fingerprint density at radius 3 is 1.86 bits per heavy atom. The van der Waals surface area contributed by atoms with Crippen molar-refractivity contribution in [1.82, 2.24) is 19.1 Å². The van der Waals surface area contributed by atoms with E-state index in [4.69, 9.17) is 9.97 Å². The fourth-order valence-corrected chi connectivity index (χ4v) is 8.08. The molecule has 50 heavy (non-hydrogen) atoms. The topological polar surface area (TPSA) is 35.6 Å². The van der Waals surface area contributed by atoms with Crippen LogP contribution in [0.1, 0.15) is 0 Å². The van der Waals surface area contributed by atoms with Gasteiger partial charge in [-0.05, 0) is 70.1 Å². The number of hydrogen-bond acceptors (Lipinski definition) is 2. The Morgan fingerprint density at radius 1 is 0.380 bits per heavy atom. The van der Waals surface area contributed by atoms with Gasteiger partial charge in [0.05, 0.1) is 33.1 Å². The van der Waals surface area contributed by atoms with Gasteiger partial charge >= 0.3 is 0 Å². The van der Waals surface area contributed by atoms with Crippen LogP contribution in [0, 0.1) is 0 Å². The van der Waals surface area contributed by atoms with Gasteiger partial charge in [-0.25, -0.2) is 9.97 Å². The van der Waals surface area contributed by atoms with Crippen LogP contribution in [0.2, 0.25) is 0 Å². The number of rotatable bonds is 3. The minimum atomic E-state index is 0.817. The van der Waals surface area contributed by atoms with Gasteiger partial charge in [0.15, 0.2) is 5.82 Å². The number of fused-ring (bicyclic) bond motifs is 6. The van der Waals surface area contributed by atoms with Crippen LogP contribution in [-0.4, -0.2) is 19.1 Å². The van der Waals surface area contributed by atoms with E-state index in [1.807, 2.05) is 0 Å². The summed E-state index contributed by atoms with van der Waals surface area (Å²) in [7, 11) is 0. The number of nitrogens with zero attached hydrogens (tertiary/aromatic N) is 4. The van der Waals surface area contributed by atoms with Crippen LogP contribution in [0.15, 0.2) is 170 Å². The third-order valence-electron chi connectivity index (χ3n) is 10.3. The summed E-state index contributed by atoms with van der Waals surface area (Å²) in [6, 6.07) is 60.6. The number of hydrogen-bond donors (Lipinski definition) is 0. The fraction of sp³-hybridized carbons (Fsp3) is 0. The second-order valence-electron chi connectivity index (χ2n) is 13.0. The van der Waals surface area contributed by atoms with Gasteiger partial charge < -0.3 is 4.57 Å². The third-order valence-corrected chi connectivity index (χ3v) is 10.3. The summed E-state index contributed by atoms with van der Waals surface area (Å²) in [6.07, 6.45) is 0. The first-order valence-corrected chi connectivity index (χ1v) is 17.0. The van der Waals surface area contributed by atoms with Gasteiger partial charge in [-0.15, -0.1) is 0 Å². The highest BCUT2D eigenvalue weighted by molar-refractivity contribution is 6.28. The number of para-hydroxylation sites is 2. The van der Waals surface area contributed by atoms with E-state index in [9.17, 15) is 0 Å². The lowest BCUT2D eigenvalue weighted by Gasteiger charge is -2.16. The van der Waals surface area contributed by atoms with Gasteiger partial charge in [0.2, 0.25) is 0 Å². The standard InChI is InChI=1S/C46H28N4/c1-2-15-33(16-3-1)49-38-20-9-8-18-35(38)36-19-10-21-39-42(36)43-40(49)22-11-23-41(43)50(39)46-44(32-25-24-29-12-4-5-14-31(29)28-32)48-45-34-17-7-6-13-30(34)26-27-37(45)47-46/h1-28H. The average molecular weight is 637 g/mol. The molecule has 232 valence electrons. The molecule has 3 aromatic heterocycles. The van der Waals surface area contributed by atoms with Gasteiger partial charge in [0.25, 0.3) is 0 Å². The molecule has 0 N–H and O–H groups in total. The fourth-order valence-electron chi connectivity index (χ4n) is 8.08. The molecule has 0 spiro atoms. The monoisotopic (exact) mass is 636 g/mol. The van der Waals surface area contributed by atoms with Crippen LogP contribution in [-0.2, 0) is 0 Å². The molecule has 11 aromatic rings. The van der Waals surface area contributed by atoms with Gasteiger partial charge in [0, 0.05) is 32.8 Å². The summed E-state index contributed by atoms with van der Waals surface area (Å²) >= 11 is 0. The van der Waals surface area contributed by atoms with E-state index in [-0.39, 0.29) is 0 Å². The molecule has 0 radical (unpaired) electrons. The second-order valence-corrected chi connectivity index (χ2v) is 13.0. The molecule has 4 heteroatoms. The molecular formula is C46H28N4. The lowest BCUT2D eigenvalue weighted by molar-refractivity contribution is 1.08. The third kappa shape index (κ3) is 3.81. The predicted octanol–water partition coefficient (Wildman–Crippen LogP) is 11.8. The smallest absolute Gasteiger partial charge is 0.165 e. The first-order chi connectivity index (χ1) is 24.8. The zero-order valence-corrected chi connectivity index (χ0v) is 27.0. The molecule has 3 heterocycles. The maximum absolute atomic E-state index is 5.54. The minimum Gasteiger partial charge on any atom is -0.309 e. The summed E-state index contributed by atoms with van der Waals surface area (Å²) in [5.74, 6) is 0.817. The maximum Gasteiger partial charge on any atom is 0.165 e. The largest absolute Gasteiger partial charge is 0.309 e. The Labute approximate surface area is 287 Å². The minimum absolute atomic E-state index is 0.817. The average Bonchev–Trinajstić information content (AvgIpc) is 3.46. The zero-order chi connectivity index (χ0) is 32.8. The molecule has 0 bridgehead atoms. The molecular weight excluding hydrogens is 609 g/mol. The van der Waals surface area contributed by atoms with E-state index in [0.717, 1.165) is 66.6 Å².